The number of aryl methyl sites for hydroxylation is 1. The third-order valence-electron chi connectivity index (χ3n) is 3.90. The van der Waals surface area contributed by atoms with Gasteiger partial charge >= 0.3 is 6.03 Å². The average Bonchev–Trinajstić information content (AvgIpc) is 2.89. The number of nitrogens with zero attached hydrogens (tertiary/aromatic N) is 1. The molecule has 1 saturated heterocycles. The minimum atomic E-state index is -0.420. The number of ether oxygens (including phenoxy) is 1. The monoisotopic (exact) mass is 346 g/mol. The lowest BCUT2D eigenvalue weighted by atomic mass is 10.1. The van der Waals surface area contributed by atoms with Crippen LogP contribution < -0.4 is 10.1 Å². The number of carbonyl (C=O) groups excluding carboxylic acids is 2. The van der Waals surface area contributed by atoms with Crippen LogP contribution in [0.15, 0.2) is 54.2 Å². The normalized spacial score (nSPS) is 15.1. The third-order valence-corrected chi connectivity index (χ3v) is 3.90. The second-order valence-electron chi connectivity index (χ2n) is 5.93. The van der Waals surface area contributed by atoms with E-state index in [4.69, 9.17) is 11.2 Å². The van der Waals surface area contributed by atoms with Gasteiger partial charge in [-0.3, -0.25) is 9.69 Å². The van der Waals surface area contributed by atoms with Gasteiger partial charge in [0.2, 0.25) is 0 Å². The van der Waals surface area contributed by atoms with Gasteiger partial charge in [-0.15, -0.1) is 6.42 Å². The molecule has 0 atom stereocenters. The van der Waals surface area contributed by atoms with E-state index < -0.39 is 6.03 Å². The summed E-state index contributed by atoms with van der Waals surface area (Å²) in [5, 5.41) is 2.63. The quantitative estimate of drug-likeness (QED) is 0.514. The molecule has 1 N–H and O–H groups in total. The molecule has 0 aromatic heterocycles. The molecule has 5 nitrogen and oxygen atoms in total. The molecule has 0 unspecified atom stereocenters. The number of nitrogens with one attached hydrogen (secondary N) is 1. The van der Waals surface area contributed by atoms with Gasteiger partial charge in [-0.1, -0.05) is 47.9 Å². The predicted molar refractivity (Wildman–Crippen MR) is 99.0 cm³/mol. The molecule has 130 valence electrons. The lowest BCUT2D eigenvalue weighted by Crippen LogP contribution is -2.30. The van der Waals surface area contributed by atoms with Gasteiger partial charge in [0.25, 0.3) is 5.91 Å². The topological polar surface area (TPSA) is 58.6 Å². The fourth-order valence-electron chi connectivity index (χ4n) is 2.66. The highest BCUT2D eigenvalue weighted by molar-refractivity contribution is 6.13. The van der Waals surface area contributed by atoms with E-state index in [9.17, 15) is 9.59 Å². The van der Waals surface area contributed by atoms with Crippen molar-refractivity contribution < 1.29 is 14.3 Å². The summed E-state index contributed by atoms with van der Waals surface area (Å²) in [5.41, 5.74) is 3.02. The summed E-state index contributed by atoms with van der Waals surface area (Å²) in [6.45, 7) is 2.41. The molecule has 0 aliphatic carbocycles. The first kappa shape index (κ1) is 17.3. The van der Waals surface area contributed by atoms with Crippen molar-refractivity contribution in [2.45, 2.75) is 13.5 Å². The number of amides is 3. The fraction of sp³-hybridized carbons (Fsp3) is 0.143. The lowest BCUT2D eigenvalue weighted by molar-refractivity contribution is -0.123. The molecule has 0 spiro atoms. The highest BCUT2D eigenvalue weighted by Crippen LogP contribution is 2.19. The van der Waals surface area contributed by atoms with Crippen LogP contribution in [0.1, 0.15) is 16.7 Å². The fourth-order valence-corrected chi connectivity index (χ4v) is 2.66. The SMILES string of the molecule is C#CCOc1ccc(/C=C2/NC(=O)N(Cc3cccc(C)c3)C2=O)cc1. The molecular formula is C21H18N2O3. The standard InChI is InChI=1S/C21H18N2O3/c1-3-11-26-18-9-7-16(8-10-18)13-19-20(24)23(21(25)22-19)14-17-6-4-5-15(2)12-17/h1,4-10,12-13H,11,14H2,2H3,(H,22,25)/b19-13+. The molecule has 5 heteroatoms. The van der Waals surface area contributed by atoms with Gasteiger partial charge in [0.15, 0.2) is 0 Å². The van der Waals surface area contributed by atoms with Gasteiger partial charge in [-0.2, -0.15) is 0 Å². The molecule has 1 heterocycles. The van der Waals surface area contributed by atoms with Crippen LogP contribution in [-0.2, 0) is 11.3 Å². The molecule has 2 aromatic carbocycles. The van der Waals surface area contributed by atoms with Crippen molar-refractivity contribution in [2.75, 3.05) is 6.61 Å². The van der Waals surface area contributed by atoms with Gasteiger partial charge in [-0.05, 0) is 36.3 Å². The summed E-state index contributed by atoms with van der Waals surface area (Å²) in [6, 6.07) is 14.4. The Kier molecular flexibility index (Phi) is 5.04. The number of imide groups is 1. The summed E-state index contributed by atoms with van der Waals surface area (Å²) in [7, 11) is 0. The van der Waals surface area contributed by atoms with Crippen LogP contribution >= 0.6 is 0 Å². The van der Waals surface area contributed by atoms with Crippen molar-refractivity contribution in [3.63, 3.8) is 0 Å². The Morgan fingerprint density at radius 1 is 1.19 bits per heavy atom. The van der Waals surface area contributed by atoms with Crippen molar-refractivity contribution in [3.8, 4) is 18.1 Å². The molecule has 0 radical (unpaired) electrons. The van der Waals surface area contributed by atoms with Gasteiger partial charge in [0.1, 0.15) is 18.1 Å². The first-order valence-electron chi connectivity index (χ1n) is 8.13. The van der Waals surface area contributed by atoms with E-state index in [0.29, 0.717) is 5.75 Å². The summed E-state index contributed by atoms with van der Waals surface area (Å²) < 4.78 is 5.31. The molecular weight excluding hydrogens is 328 g/mol. The van der Waals surface area contributed by atoms with Crippen molar-refractivity contribution in [1.29, 1.82) is 0 Å². The third kappa shape index (κ3) is 3.93. The Bertz CT molecular complexity index is 908. The van der Waals surface area contributed by atoms with E-state index >= 15 is 0 Å². The van der Waals surface area contributed by atoms with Gasteiger partial charge in [0, 0.05) is 0 Å². The largest absolute Gasteiger partial charge is 0.481 e. The van der Waals surface area contributed by atoms with Gasteiger partial charge < -0.3 is 10.1 Å². The van der Waals surface area contributed by atoms with E-state index in [-0.39, 0.29) is 24.8 Å². The molecule has 2 aromatic rings. The van der Waals surface area contributed by atoms with Crippen LogP contribution in [0, 0.1) is 19.3 Å². The van der Waals surface area contributed by atoms with Crippen LogP contribution in [-0.4, -0.2) is 23.4 Å². The second kappa shape index (κ2) is 7.58. The van der Waals surface area contributed by atoms with Crippen LogP contribution in [0.4, 0.5) is 4.79 Å². The lowest BCUT2D eigenvalue weighted by Gasteiger charge is -2.12. The zero-order valence-corrected chi connectivity index (χ0v) is 14.4. The maximum absolute atomic E-state index is 12.5. The highest BCUT2D eigenvalue weighted by atomic mass is 16.5. The maximum Gasteiger partial charge on any atom is 0.329 e. The first-order valence-corrected chi connectivity index (χ1v) is 8.13. The van der Waals surface area contributed by atoms with Crippen molar-refractivity contribution in [1.82, 2.24) is 10.2 Å². The number of urea groups is 1. The van der Waals surface area contributed by atoms with Crippen molar-refractivity contribution in [3.05, 3.63) is 70.9 Å². The number of rotatable bonds is 5. The van der Waals surface area contributed by atoms with Gasteiger partial charge in [-0.25, -0.2) is 4.79 Å². The highest BCUT2D eigenvalue weighted by Gasteiger charge is 2.33. The first-order chi connectivity index (χ1) is 12.6. The molecule has 0 saturated carbocycles. The Morgan fingerprint density at radius 2 is 1.96 bits per heavy atom. The van der Waals surface area contributed by atoms with E-state index in [1.807, 2.05) is 31.2 Å². The van der Waals surface area contributed by atoms with Crippen LogP contribution in [0.2, 0.25) is 0 Å². The Hall–Kier alpha value is -3.52. The smallest absolute Gasteiger partial charge is 0.329 e. The van der Waals surface area contributed by atoms with E-state index in [1.165, 1.54) is 4.90 Å². The molecule has 1 aliphatic heterocycles. The van der Waals surface area contributed by atoms with Crippen LogP contribution in [0.5, 0.6) is 5.75 Å². The molecule has 3 amide bonds. The predicted octanol–water partition coefficient (Wildman–Crippen LogP) is 3.10. The summed E-state index contributed by atoms with van der Waals surface area (Å²) >= 11 is 0. The Morgan fingerprint density at radius 3 is 2.65 bits per heavy atom. The molecule has 1 aliphatic rings. The van der Waals surface area contributed by atoms with E-state index in [1.54, 1.807) is 30.3 Å². The zero-order valence-electron chi connectivity index (χ0n) is 14.4. The minimum Gasteiger partial charge on any atom is -0.481 e. The maximum atomic E-state index is 12.5. The number of hydrogen-bond acceptors (Lipinski definition) is 3. The van der Waals surface area contributed by atoms with Crippen LogP contribution in [0.3, 0.4) is 0 Å². The molecule has 3 rings (SSSR count). The number of carbonyl (C=O) groups is 2. The zero-order chi connectivity index (χ0) is 18.5. The molecule has 1 fully saturated rings. The molecule has 26 heavy (non-hydrogen) atoms. The second-order valence-corrected chi connectivity index (χ2v) is 5.93. The summed E-state index contributed by atoms with van der Waals surface area (Å²) in [5.74, 6) is 2.70. The summed E-state index contributed by atoms with van der Waals surface area (Å²) in [6.07, 6.45) is 6.79. The Labute approximate surface area is 152 Å². The molecule has 0 bridgehead atoms. The number of hydrogen-bond donors (Lipinski definition) is 1. The van der Waals surface area contributed by atoms with Crippen LogP contribution in [0.25, 0.3) is 6.08 Å². The average molecular weight is 346 g/mol. The Balaban J connectivity index is 1.73. The van der Waals surface area contributed by atoms with E-state index in [0.717, 1.165) is 16.7 Å². The van der Waals surface area contributed by atoms with Gasteiger partial charge in [0.05, 0.1) is 6.54 Å². The van der Waals surface area contributed by atoms with Crippen molar-refractivity contribution >= 4 is 18.0 Å². The van der Waals surface area contributed by atoms with Crippen molar-refractivity contribution in [2.24, 2.45) is 0 Å². The number of terminal acetylenes is 1. The number of benzene rings is 2. The summed E-state index contributed by atoms with van der Waals surface area (Å²) in [4.78, 5) is 25.9. The minimum absolute atomic E-state index is 0.197. The van der Waals surface area contributed by atoms with E-state index in [2.05, 4.69) is 11.2 Å².